The van der Waals surface area contributed by atoms with Gasteiger partial charge in [-0.25, -0.2) is 4.98 Å². The van der Waals surface area contributed by atoms with Crippen molar-refractivity contribution in [1.82, 2.24) is 4.98 Å². The molecule has 0 bridgehead atoms. The Kier molecular flexibility index (Phi) is 4.90. The zero-order valence-corrected chi connectivity index (χ0v) is 11.1. The van der Waals surface area contributed by atoms with Gasteiger partial charge in [-0.3, -0.25) is 0 Å². The number of hydrogen-bond donors (Lipinski definition) is 1. The summed E-state index contributed by atoms with van der Waals surface area (Å²) in [6.07, 6.45) is 4.91. The number of unbranched alkanes of at least 4 members (excludes halogenated alkanes) is 1. The van der Waals surface area contributed by atoms with E-state index in [4.69, 9.17) is 0 Å². The van der Waals surface area contributed by atoms with Gasteiger partial charge >= 0.3 is 0 Å². The Labute approximate surface area is 113 Å². The quantitative estimate of drug-likeness (QED) is 0.768. The van der Waals surface area contributed by atoms with Crippen LogP contribution in [0.2, 0.25) is 0 Å². The second-order valence-corrected chi connectivity index (χ2v) is 4.62. The van der Waals surface area contributed by atoms with Crippen LogP contribution in [0.15, 0.2) is 48.7 Å². The third-order valence-corrected chi connectivity index (χ3v) is 3.12. The molecule has 0 fully saturated rings. The number of halogens is 1. The zero-order chi connectivity index (χ0) is 13.5. The molecule has 0 spiro atoms. The number of aromatic nitrogens is 1. The largest absolute Gasteiger partial charge is 0.377 e. The molecule has 2 aromatic rings. The van der Waals surface area contributed by atoms with Gasteiger partial charge in [-0.05, 0) is 24.1 Å². The Balaban J connectivity index is 2.11. The first-order chi connectivity index (χ1) is 9.29. The van der Waals surface area contributed by atoms with Crippen LogP contribution in [0.3, 0.4) is 0 Å². The Hall–Kier alpha value is -1.90. The van der Waals surface area contributed by atoms with Crippen LogP contribution in [0.1, 0.15) is 37.8 Å². The first-order valence-electron chi connectivity index (χ1n) is 6.72. The van der Waals surface area contributed by atoms with Crippen LogP contribution >= 0.6 is 0 Å². The molecule has 3 heteroatoms. The lowest BCUT2D eigenvalue weighted by Crippen LogP contribution is -2.11. The summed E-state index contributed by atoms with van der Waals surface area (Å²) in [4.78, 5) is 3.68. The molecule has 100 valence electrons. The molecule has 0 saturated heterocycles. The number of pyridine rings is 1. The molecule has 0 radical (unpaired) electrons. The molecule has 1 unspecified atom stereocenters. The molecule has 0 amide bonds. The topological polar surface area (TPSA) is 24.9 Å². The van der Waals surface area contributed by atoms with E-state index < -0.39 is 5.95 Å². The Morgan fingerprint density at radius 3 is 2.58 bits per heavy atom. The molecule has 1 heterocycles. The first kappa shape index (κ1) is 13.5. The van der Waals surface area contributed by atoms with E-state index in [9.17, 15) is 4.39 Å². The molecule has 0 aliphatic rings. The molecule has 1 atom stereocenters. The van der Waals surface area contributed by atoms with Gasteiger partial charge < -0.3 is 5.32 Å². The predicted octanol–water partition coefficient (Wildman–Crippen LogP) is 4.56. The standard InChI is InChI=1S/C16H19FN2/c1-2-3-9-15(13-7-5-4-6-8-13)19-14-10-11-16(17)18-12-14/h4-8,10-12,15,19H,2-3,9H2,1H3. The van der Waals surface area contributed by atoms with E-state index in [0.717, 1.165) is 24.9 Å². The second kappa shape index (κ2) is 6.88. The maximum absolute atomic E-state index is 12.8. The summed E-state index contributed by atoms with van der Waals surface area (Å²) in [6, 6.07) is 13.7. The van der Waals surface area contributed by atoms with Crippen molar-refractivity contribution in [2.24, 2.45) is 0 Å². The van der Waals surface area contributed by atoms with E-state index in [1.807, 2.05) is 18.2 Å². The van der Waals surface area contributed by atoms with Crippen LogP contribution in [0.25, 0.3) is 0 Å². The highest BCUT2D eigenvalue weighted by molar-refractivity contribution is 5.43. The number of hydrogen-bond acceptors (Lipinski definition) is 2. The van der Waals surface area contributed by atoms with Crippen molar-refractivity contribution in [1.29, 1.82) is 0 Å². The van der Waals surface area contributed by atoms with Crippen LogP contribution in [0, 0.1) is 5.95 Å². The molecule has 0 aliphatic heterocycles. The molecule has 1 aromatic heterocycles. The van der Waals surface area contributed by atoms with Crippen molar-refractivity contribution in [3.63, 3.8) is 0 Å². The minimum absolute atomic E-state index is 0.244. The highest BCUT2D eigenvalue weighted by Gasteiger charge is 2.10. The van der Waals surface area contributed by atoms with Gasteiger partial charge in [-0.2, -0.15) is 4.39 Å². The van der Waals surface area contributed by atoms with Crippen molar-refractivity contribution in [2.45, 2.75) is 32.2 Å². The Morgan fingerprint density at radius 2 is 1.95 bits per heavy atom. The van der Waals surface area contributed by atoms with Crippen LogP contribution < -0.4 is 5.32 Å². The Bertz CT molecular complexity index is 482. The van der Waals surface area contributed by atoms with Crippen molar-refractivity contribution in [3.05, 3.63) is 60.2 Å². The monoisotopic (exact) mass is 258 g/mol. The van der Waals surface area contributed by atoms with Gasteiger partial charge in [0.2, 0.25) is 5.95 Å². The van der Waals surface area contributed by atoms with Gasteiger partial charge in [0, 0.05) is 0 Å². The Morgan fingerprint density at radius 1 is 1.16 bits per heavy atom. The van der Waals surface area contributed by atoms with Crippen LogP contribution in [-0.2, 0) is 0 Å². The smallest absolute Gasteiger partial charge is 0.212 e. The molecule has 1 N–H and O–H groups in total. The highest BCUT2D eigenvalue weighted by atomic mass is 19.1. The summed E-state index contributed by atoms with van der Waals surface area (Å²) in [7, 11) is 0. The van der Waals surface area contributed by atoms with Gasteiger partial charge in [-0.1, -0.05) is 50.1 Å². The van der Waals surface area contributed by atoms with Gasteiger partial charge in [0.15, 0.2) is 0 Å². The van der Waals surface area contributed by atoms with E-state index in [1.54, 1.807) is 6.07 Å². The number of benzene rings is 1. The molecule has 19 heavy (non-hydrogen) atoms. The summed E-state index contributed by atoms with van der Waals surface area (Å²) >= 11 is 0. The second-order valence-electron chi connectivity index (χ2n) is 4.62. The molecule has 2 nitrogen and oxygen atoms in total. The van der Waals surface area contributed by atoms with Crippen molar-refractivity contribution < 1.29 is 4.39 Å². The predicted molar refractivity (Wildman–Crippen MR) is 76.5 cm³/mol. The van der Waals surface area contributed by atoms with E-state index in [2.05, 4.69) is 29.4 Å². The van der Waals surface area contributed by atoms with Crippen molar-refractivity contribution in [3.8, 4) is 0 Å². The number of anilines is 1. The average molecular weight is 258 g/mol. The van der Waals surface area contributed by atoms with Crippen molar-refractivity contribution in [2.75, 3.05) is 5.32 Å². The molecule has 2 rings (SSSR count). The van der Waals surface area contributed by atoms with Gasteiger partial charge in [-0.15, -0.1) is 0 Å². The third-order valence-electron chi connectivity index (χ3n) is 3.12. The lowest BCUT2D eigenvalue weighted by molar-refractivity contribution is 0.583. The summed E-state index contributed by atoms with van der Waals surface area (Å²) in [5, 5.41) is 3.43. The molecule has 0 saturated carbocycles. The molecular weight excluding hydrogens is 239 g/mol. The summed E-state index contributed by atoms with van der Waals surface area (Å²) in [5.41, 5.74) is 2.10. The number of rotatable bonds is 6. The summed E-state index contributed by atoms with van der Waals surface area (Å²) in [6.45, 7) is 2.18. The molecular formula is C16H19FN2. The van der Waals surface area contributed by atoms with Crippen LogP contribution in [-0.4, -0.2) is 4.98 Å². The van der Waals surface area contributed by atoms with Crippen molar-refractivity contribution >= 4 is 5.69 Å². The first-order valence-corrected chi connectivity index (χ1v) is 6.72. The van der Waals surface area contributed by atoms with E-state index in [0.29, 0.717) is 0 Å². The fourth-order valence-electron chi connectivity index (χ4n) is 2.08. The van der Waals surface area contributed by atoms with Gasteiger partial charge in [0.25, 0.3) is 0 Å². The zero-order valence-electron chi connectivity index (χ0n) is 11.1. The van der Waals surface area contributed by atoms with Crippen LogP contribution in [0.4, 0.5) is 10.1 Å². The van der Waals surface area contributed by atoms with Crippen LogP contribution in [0.5, 0.6) is 0 Å². The summed E-state index contributed by atoms with van der Waals surface area (Å²) in [5.74, 6) is -0.449. The fraction of sp³-hybridized carbons (Fsp3) is 0.312. The SMILES string of the molecule is CCCCC(Nc1ccc(F)nc1)c1ccccc1. The number of nitrogens with zero attached hydrogens (tertiary/aromatic N) is 1. The fourth-order valence-corrected chi connectivity index (χ4v) is 2.08. The maximum Gasteiger partial charge on any atom is 0.212 e. The maximum atomic E-state index is 12.8. The van der Waals surface area contributed by atoms with E-state index in [1.165, 1.54) is 17.8 Å². The molecule has 1 aromatic carbocycles. The van der Waals surface area contributed by atoms with E-state index in [-0.39, 0.29) is 6.04 Å². The highest BCUT2D eigenvalue weighted by Crippen LogP contribution is 2.24. The third kappa shape index (κ3) is 4.05. The average Bonchev–Trinajstić information content (AvgIpc) is 2.46. The lowest BCUT2D eigenvalue weighted by Gasteiger charge is -2.20. The molecule has 0 aliphatic carbocycles. The lowest BCUT2D eigenvalue weighted by atomic mass is 10.0. The number of nitrogens with one attached hydrogen (secondary N) is 1. The minimum Gasteiger partial charge on any atom is -0.377 e. The minimum atomic E-state index is -0.449. The normalized spacial score (nSPS) is 12.1. The summed E-state index contributed by atoms with van der Waals surface area (Å²) < 4.78 is 12.8. The van der Waals surface area contributed by atoms with E-state index >= 15 is 0 Å². The van der Waals surface area contributed by atoms with Gasteiger partial charge in [0.1, 0.15) is 0 Å². The van der Waals surface area contributed by atoms with Gasteiger partial charge in [0.05, 0.1) is 17.9 Å².